The zero-order valence-corrected chi connectivity index (χ0v) is 19.0. The van der Waals surface area contributed by atoms with E-state index >= 15 is 0 Å². The normalized spacial score (nSPS) is 19.6. The van der Waals surface area contributed by atoms with Gasteiger partial charge < -0.3 is 15.2 Å². The van der Waals surface area contributed by atoms with Crippen LogP contribution in [0.1, 0.15) is 45.6 Å². The molecule has 1 saturated carbocycles. The number of nitrogens with one attached hydrogen (secondary N) is 1. The van der Waals surface area contributed by atoms with Crippen LogP contribution in [0.25, 0.3) is 16.5 Å². The minimum Gasteiger partial charge on any atom is -0.481 e. The Morgan fingerprint density at radius 2 is 2.19 bits per heavy atom. The zero-order chi connectivity index (χ0) is 23.4. The van der Waals surface area contributed by atoms with E-state index in [4.69, 9.17) is 4.74 Å². The van der Waals surface area contributed by atoms with E-state index in [-0.39, 0.29) is 12.3 Å². The van der Waals surface area contributed by atoms with Crippen molar-refractivity contribution in [3.8, 4) is 5.88 Å². The summed E-state index contributed by atoms with van der Waals surface area (Å²) in [5, 5.41) is 13.6. The third-order valence-corrected chi connectivity index (χ3v) is 5.55. The number of hydrogen-bond donors (Lipinski definition) is 2. The number of ether oxygens (including phenoxy) is 1. The fourth-order valence-corrected chi connectivity index (χ4v) is 3.63. The van der Waals surface area contributed by atoms with Gasteiger partial charge in [-0.3, -0.25) is 4.79 Å². The molecule has 2 aromatic heterocycles. The Morgan fingerprint density at radius 3 is 2.78 bits per heavy atom. The molecule has 1 aliphatic carbocycles. The first-order valence-corrected chi connectivity index (χ1v) is 10.8. The Hall–Kier alpha value is -3.06. The molecule has 3 atom stereocenters. The van der Waals surface area contributed by atoms with Crippen molar-refractivity contribution in [1.29, 1.82) is 0 Å². The molecule has 32 heavy (non-hydrogen) atoms. The maximum Gasteiger partial charge on any atom is 0.231 e. The average Bonchev–Trinajstić information content (AvgIpc) is 3.50. The van der Waals surface area contributed by atoms with Crippen LogP contribution in [0.3, 0.4) is 0 Å². The number of allylic oxidation sites excluding steroid dienone is 3. The quantitative estimate of drug-likeness (QED) is 0.537. The van der Waals surface area contributed by atoms with Crippen molar-refractivity contribution in [3.63, 3.8) is 0 Å². The van der Waals surface area contributed by atoms with Gasteiger partial charge in [0.2, 0.25) is 11.8 Å². The van der Waals surface area contributed by atoms with Gasteiger partial charge in [0.15, 0.2) is 0 Å². The van der Waals surface area contributed by atoms with Gasteiger partial charge in [-0.15, -0.1) is 0 Å². The number of alkyl halides is 1. The van der Waals surface area contributed by atoms with Gasteiger partial charge in [0.25, 0.3) is 0 Å². The molecule has 2 N–H and O–H groups in total. The first-order chi connectivity index (χ1) is 15.3. The van der Waals surface area contributed by atoms with E-state index in [9.17, 15) is 14.3 Å². The Balaban J connectivity index is 1.92. The first kappa shape index (κ1) is 23.6. The molecule has 0 radical (unpaired) electrons. The van der Waals surface area contributed by atoms with Crippen LogP contribution in [0.4, 0.5) is 10.2 Å². The number of halogens is 1. The van der Waals surface area contributed by atoms with E-state index in [2.05, 4.69) is 21.9 Å². The van der Waals surface area contributed by atoms with Crippen molar-refractivity contribution in [2.75, 3.05) is 12.4 Å². The fourth-order valence-electron chi connectivity index (χ4n) is 3.63. The largest absolute Gasteiger partial charge is 0.481 e. The van der Waals surface area contributed by atoms with Crippen LogP contribution >= 0.6 is 0 Å². The van der Waals surface area contributed by atoms with Gasteiger partial charge in [-0.1, -0.05) is 32.1 Å². The van der Waals surface area contributed by atoms with Gasteiger partial charge in [-0.2, -0.15) is 0 Å². The second-order valence-electron chi connectivity index (χ2n) is 8.06. The van der Waals surface area contributed by atoms with E-state index in [1.165, 1.54) is 0 Å². The van der Waals surface area contributed by atoms with Crippen LogP contribution in [-0.4, -0.2) is 40.4 Å². The topological polar surface area (TPSA) is 84.3 Å². The summed E-state index contributed by atoms with van der Waals surface area (Å²) in [6, 6.07) is 3.58. The molecule has 2 aromatic rings. The summed E-state index contributed by atoms with van der Waals surface area (Å²) in [4.78, 5) is 20.9. The molecule has 2 heterocycles. The number of rotatable bonds is 9. The average molecular weight is 440 g/mol. The maximum atomic E-state index is 13.1. The molecule has 0 saturated heterocycles. The van der Waals surface area contributed by atoms with Gasteiger partial charge in [-0.25, -0.2) is 14.4 Å². The first-order valence-electron chi connectivity index (χ1n) is 10.8. The molecule has 1 aliphatic rings. The van der Waals surface area contributed by atoms with E-state index < -0.39 is 18.2 Å². The highest BCUT2D eigenvalue weighted by Crippen LogP contribution is 2.35. The molecule has 0 aromatic carbocycles. The minimum absolute atomic E-state index is 0.260. The number of hydrogen-bond acceptors (Lipinski definition) is 5. The third kappa shape index (κ3) is 5.22. The van der Waals surface area contributed by atoms with Crippen LogP contribution in [0, 0.1) is 5.92 Å². The van der Waals surface area contributed by atoms with Gasteiger partial charge in [0, 0.05) is 23.2 Å². The Morgan fingerprint density at radius 1 is 1.47 bits per heavy atom. The molecule has 0 spiro atoms. The number of aliphatic hydroxyl groups is 1. The number of anilines is 1. The number of aliphatic hydroxyl groups excluding tert-OH is 1. The van der Waals surface area contributed by atoms with Crippen molar-refractivity contribution in [2.24, 2.45) is 5.92 Å². The Labute approximate surface area is 187 Å². The van der Waals surface area contributed by atoms with Crippen molar-refractivity contribution in [2.45, 2.75) is 52.3 Å². The summed E-state index contributed by atoms with van der Waals surface area (Å²) < 4.78 is 18.7. The monoisotopic (exact) mass is 439 g/mol. The van der Waals surface area contributed by atoms with Crippen LogP contribution in [-0.2, 0) is 4.79 Å². The molecular formula is C25H30FN3O3. The fraction of sp³-hybridized carbons (Fsp3) is 0.400. The lowest BCUT2D eigenvalue weighted by molar-refractivity contribution is -0.117. The van der Waals surface area contributed by atoms with Crippen molar-refractivity contribution >= 4 is 28.2 Å². The van der Waals surface area contributed by atoms with E-state index in [0.717, 1.165) is 28.5 Å². The number of pyridine rings is 2. The molecular weight excluding hydrogens is 409 g/mol. The third-order valence-electron chi connectivity index (χ3n) is 5.55. The van der Waals surface area contributed by atoms with Gasteiger partial charge in [-0.05, 0) is 49.5 Å². The van der Waals surface area contributed by atoms with E-state index in [1.807, 2.05) is 39.0 Å². The number of aromatic nitrogens is 2. The summed E-state index contributed by atoms with van der Waals surface area (Å²) in [6.45, 7) is 9.90. The summed E-state index contributed by atoms with van der Waals surface area (Å²) in [7, 11) is 1.55. The van der Waals surface area contributed by atoms with E-state index in [1.54, 1.807) is 19.4 Å². The summed E-state index contributed by atoms with van der Waals surface area (Å²) in [5.74, 6) is -0.203. The lowest BCUT2D eigenvalue weighted by Crippen LogP contribution is -2.15. The van der Waals surface area contributed by atoms with Crippen molar-refractivity contribution in [3.05, 3.63) is 53.8 Å². The number of carbonyl (C=O) groups excluding carboxylic acids is 1. The second-order valence-corrected chi connectivity index (χ2v) is 8.06. The van der Waals surface area contributed by atoms with Gasteiger partial charge >= 0.3 is 0 Å². The lowest BCUT2D eigenvalue weighted by Gasteiger charge is -2.15. The predicted molar refractivity (Wildman–Crippen MR) is 125 cm³/mol. The zero-order valence-electron chi connectivity index (χ0n) is 19.0. The lowest BCUT2D eigenvalue weighted by atomic mass is 9.95. The number of methoxy groups -OCH3 is 1. The summed E-state index contributed by atoms with van der Waals surface area (Å²) >= 11 is 0. The SMILES string of the molecule is C=C(/C=C(C)\C(=C/C)c1cc2cnc(NC(=O)C3CC3F)cc2nc1OC)C(O)CCC. The number of nitrogens with zero attached hydrogens (tertiary/aromatic N) is 2. The molecule has 170 valence electrons. The standard InChI is InChI=1S/C25H30FN3O3/c1-6-8-22(30)15(4)9-14(3)17(7-2)18-10-16-13-27-23(12-21(16)28-25(18)32-5)29-24(31)19-11-20(19)26/h7,9-10,12-13,19-20,22,30H,4,6,8,11H2,1-3,5H3,(H,27,29,31)/b14-9-,17-7+. The van der Waals surface area contributed by atoms with Crippen LogP contribution in [0.15, 0.2) is 48.2 Å². The van der Waals surface area contributed by atoms with Crippen LogP contribution in [0.2, 0.25) is 0 Å². The molecule has 0 aliphatic heterocycles. The Kier molecular flexibility index (Phi) is 7.40. The molecule has 0 bridgehead atoms. The molecule has 3 rings (SSSR count). The summed E-state index contributed by atoms with van der Waals surface area (Å²) in [5.41, 5.74) is 3.87. The van der Waals surface area contributed by atoms with Gasteiger partial charge in [0.05, 0.1) is 24.6 Å². The Bertz CT molecular complexity index is 1090. The van der Waals surface area contributed by atoms with Crippen molar-refractivity contribution in [1.82, 2.24) is 9.97 Å². The number of fused-ring (bicyclic) bond motifs is 1. The molecule has 1 fully saturated rings. The minimum atomic E-state index is -1.06. The highest BCUT2D eigenvalue weighted by Gasteiger charge is 2.43. The van der Waals surface area contributed by atoms with Gasteiger partial charge in [0.1, 0.15) is 12.0 Å². The van der Waals surface area contributed by atoms with Crippen LogP contribution in [0.5, 0.6) is 5.88 Å². The number of amides is 1. The molecule has 3 unspecified atom stereocenters. The molecule has 6 nitrogen and oxygen atoms in total. The van der Waals surface area contributed by atoms with Crippen molar-refractivity contribution < 1.29 is 19.0 Å². The maximum absolute atomic E-state index is 13.1. The van der Waals surface area contributed by atoms with Crippen LogP contribution < -0.4 is 10.1 Å². The van der Waals surface area contributed by atoms with E-state index in [0.29, 0.717) is 29.2 Å². The number of carbonyl (C=O) groups is 1. The highest BCUT2D eigenvalue weighted by atomic mass is 19.1. The summed E-state index contributed by atoms with van der Waals surface area (Å²) in [6.07, 6.45) is 5.61. The highest BCUT2D eigenvalue weighted by molar-refractivity contribution is 5.96. The second kappa shape index (κ2) is 10.0. The predicted octanol–water partition coefficient (Wildman–Crippen LogP) is 5.00. The molecule has 1 amide bonds. The molecule has 7 heteroatoms. The smallest absolute Gasteiger partial charge is 0.231 e.